The molecule has 0 aliphatic rings. The van der Waals surface area contributed by atoms with Crippen LogP contribution in [0.4, 0.5) is 10.1 Å². The minimum Gasteiger partial charge on any atom is -0.494 e. The van der Waals surface area contributed by atoms with Crippen LogP contribution in [0, 0.1) is 5.82 Å². The molecule has 4 nitrogen and oxygen atoms in total. The normalized spacial score (nSPS) is 9.90. The highest BCUT2D eigenvalue weighted by atomic mass is 19.1. The Hall–Kier alpha value is -2.69. The number of anilines is 1. The molecule has 102 valence electrons. The van der Waals surface area contributed by atoms with Crippen LogP contribution in [0.1, 0.15) is 10.4 Å². The molecule has 0 bridgehead atoms. The third-order valence-electron chi connectivity index (χ3n) is 2.65. The van der Waals surface area contributed by atoms with Crippen LogP contribution >= 0.6 is 0 Å². The number of amides is 1. The summed E-state index contributed by atoms with van der Waals surface area (Å²) in [7, 11) is 1.32. The Bertz CT molecular complexity index is 641. The summed E-state index contributed by atoms with van der Waals surface area (Å²) in [5.74, 6) is -2.30. The summed E-state index contributed by atoms with van der Waals surface area (Å²) in [6, 6.07) is 12.2. The van der Waals surface area contributed by atoms with E-state index in [0.717, 1.165) is 6.07 Å². The number of ketones is 1. The Morgan fingerprint density at radius 1 is 1.10 bits per heavy atom. The van der Waals surface area contributed by atoms with E-state index in [2.05, 4.69) is 5.32 Å². The zero-order valence-corrected chi connectivity index (χ0v) is 10.7. The van der Waals surface area contributed by atoms with Gasteiger partial charge in [-0.2, -0.15) is 0 Å². The maximum Gasteiger partial charge on any atom is 0.296 e. The summed E-state index contributed by atoms with van der Waals surface area (Å²) in [5.41, 5.74) is 0.469. The van der Waals surface area contributed by atoms with E-state index in [9.17, 15) is 14.0 Å². The van der Waals surface area contributed by atoms with Gasteiger partial charge in [-0.05, 0) is 30.3 Å². The summed E-state index contributed by atoms with van der Waals surface area (Å²) >= 11 is 0. The topological polar surface area (TPSA) is 55.4 Å². The van der Waals surface area contributed by atoms with Gasteiger partial charge in [0, 0.05) is 11.3 Å². The monoisotopic (exact) mass is 273 g/mol. The lowest BCUT2D eigenvalue weighted by atomic mass is 10.1. The molecule has 1 N–H and O–H groups in total. The van der Waals surface area contributed by atoms with Crippen LogP contribution in [-0.4, -0.2) is 18.8 Å². The predicted octanol–water partition coefficient (Wildman–Crippen LogP) is 2.66. The molecule has 0 unspecified atom stereocenters. The smallest absolute Gasteiger partial charge is 0.296 e. The maximum absolute atomic E-state index is 13.5. The van der Waals surface area contributed by atoms with Crippen molar-refractivity contribution in [2.24, 2.45) is 0 Å². The van der Waals surface area contributed by atoms with Crippen molar-refractivity contribution in [3.05, 3.63) is 59.9 Å². The molecule has 0 spiro atoms. The molecular formula is C15H12FNO3. The summed E-state index contributed by atoms with van der Waals surface area (Å²) in [6.45, 7) is 0. The minimum absolute atomic E-state index is 0.0185. The van der Waals surface area contributed by atoms with Gasteiger partial charge in [-0.25, -0.2) is 4.39 Å². The first-order valence-corrected chi connectivity index (χ1v) is 5.86. The average molecular weight is 273 g/mol. The zero-order chi connectivity index (χ0) is 14.5. The van der Waals surface area contributed by atoms with Crippen LogP contribution in [0.2, 0.25) is 0 Å². The molecule has 0 heterocycles. The fourth-order valence-corrected chi connectivity index (χ4v) is 1.65. The van der Waals surface area contributed by atoms with Gasteiger partial charge in [0.25, 0.3) is 11.7 Å². The lowest BCUT2D eigenvalue weighted by Crippen LogP contribution is -2.22. The second-order valence-electron chi connectivity index (χ2n) is 4.00. The van der Waals surface area contributed by atoms with E-state index in [1.807, 2.05) is 0 Å². The van der Waals surface area contributed by atoms with Crippen LogP contribution in [0.25, 0.3) is 0 Å². The first-order chi connectivity index (χ1) is 9.61. The number of benzene rings is 2. The van der Waals surface area contributed by atoms with Crippen molar-refractivity contribution in [2.45, 2.75) is 0 Å². The number of carbonyl (C=O) groups is 2. The lowest BCUT2D eigenvalue weighted by molar-refractivity contribution is -0.112. The van der Waals surface area contributed by atoms with Crippen molar-refractivity contribution < 1.29 is 18.7 Å². The molecule has 5 heteroatoms. The fourth-order valence-electron chi connectivity index (χ4n) is 1.65. The van der Waals surface area contributed by atoms with E-state index in [1.54, 1.807) is 30.3 Å². The third kappa shape index (κ3) is 3.00. The molecule has 2 rings (SSSR count). The Kier molecular flexibility index (Phi) is 4.10. The second-order valence-corrected chi connectivity index (χ2v) is 4.00. The van der Waals surface area contributed by atoms with Crippen LogP contribution < -0.4 is 10.1 Å². The van der Waals surface area contributed by atoms with Crippen LogP contribution in [0.3, 0.4) is 0 Å². The number of methoxy groups -OCH3 is 1. The largest absolute Gasteiger partial charge is 0.494 e. The van der Waals surface area contributed by atoms with Gasteiger partial charge in [-0.15, -0.1) is 0 Å². The Morgan fingerprint density at radius 3 is 2.40 bits per heavy atom. The van der Waals surface area contributed by atoms with E-state index < -0.39 is 17.5 Å². The second kappa shape index (κ2) is 5.97. The molecule has 2 aromatic rings. The minimum atomic E-state index is -0.819. The van der Waals surface area contributed by atoms with Gasteiger partial charge in [-0.3, -0.25) is 9.59 Å². The Balaban J connectivity index is 2.15. The number of nitrogens with one attached hydrogen (secondary N) is 1. The molecule has 0 aliphatic heterocycles. The molecule has 0 radical (unpaired) electrons. The van der Waals surface area contributed by atoms with Gasteiger partial charge in [0.1, 0.15) is 0 Å². The van der Waals surface area contributed by atoms with Gasteiger partial charge >= 0.3 is 0 Å². The number of hydrogen-bond donors (Lipinski definition) is 1. The van der Waals surface area contributed by atoms with Crippen LogP contribution in [0.5, 0.6) is 5.75 Å². The summed E-state index contributed by atoms with van der Waals surface area (Å²) in [4.78, 5) is 23.6. The average Bonchev–Trinajstić information content (AvgIpc) is 2.47. The highest BCUT2D eigenvalue weighted by Gasteiger charge is 2.18. The van der Waals surface area contributed by atoms with Crippen molar-refractivity contribution in [1.29, 1.82) is 0 Å². The van der Waals surface area contributed by atoms with E-state index in [-0.39, 0.29) is 11.3 Å². The number of para-hydroxylation sites is 1. The number of Topliss-reactive ketones (excluding diaryl/α,β-unsaturated/α-hetero) is 1. The van der Waals surface area contributed by atoms with Crippen molar-refractivity contribution >= 4 is 17.4 Å². The molecule has 0 atom stereocenters. The number of hydrogen-bond acceptors (Lipinski definition) is 3. The molecule has 0 fully saturated rings. The standard InChI is InChI=1S/C15H12FNO3/c1-20-13-8-7-10(9-12(13)16)14(18)15(19)17-11-5-3-2-4-6-11/h2-9H,1H3,(H,17,19). The quantitative estimate of drug-likeness (QED) is 0.688. The van der Waals surface area contributed by atoms with Gasteiger partial charge in [0.05, 0.1) is 7.11 Å². The summed E-state index contributed by atoms with van der Waals surface area (Å²) in [5, 5.41) is 2.45. The Morgan fingerprint density at radius 2 is 1.80 bits per heavy atom. The van der Waals surface area contributed by atoms with Gasteiger partial charge in [-0.1, -0.05) is 18.2 Å². The molecular weight excluding hydrogens is 261 g/mol. The van der Waals surface area contributed by atoms with E-state index in [1.165, 1.54) is 19.2 Å². The highest BCUT2D eigenvalue weighted by Crippen LogP contribution is 2.18. The zero-order valence-electron chi connectivity index (χ0n) is 10.7. The van der Waals surface area contributed by atoms with Crippen molar-refractivity contribution in [3.63, 3.8) is 0 Å². The van der Waals surface area contributed by atoms with Crippen molar-refractivity contribution in [2.75, 3.05) is 12.4 Å². The first kappa shape index (κ1) is 13.7. The number of ether oxygens (including phenoxy) is 1. The van der Waals surface area contributed by atoms with E-state index >= 15 is 0 Å². The van der Waals surface area contributed by atoms with Gasteiger partial charge < -0.3 is 10.1 Å². The molecule has 2 aromatic carbocycles. The Labute approximate surface area is 115 Å². The SMILES string of the molecule is COc1ccc(C(=O)C(=O)Nc2ccccc2)cc1F. The number of halogens is 1. The van der Waals surface area contributed by atoms with Crippen molar-refractivity contribution in [1.82, 2.24) is 0 Å². The molecule has 0 saturated carbocycles. The van der Waals surface area contributed by atoms with Gasteiger partial charge in [0.2, 0.25) is 0 Å². The van der Waals surface area contributed by atoms with Crippen LogP contribution in [0.15, 0.2) is 48.5 Å². The first-order valence-electron chi connectivity index (χ1n) is 5.86. The predicted molar refractivity (Wildman–Crippen MR) is 72.4 cm³/mol. The summed E-state index contributed by atoms with van der Waals surface area (Å²) in [6.07, 6.45) is 0. The molecule has 0 aliphatic carbocycles. The molecule has 1 amide bonds. The van der Waals surface area contributed by atoms with Crippen molar-refractivity contribution in [3.8, 4) is 5.75 Å². The molecule has 0 aromatic heterocycles. The third-order valence-corrected chi connectivity index (χ3v) is 2.65. The number of carbonyl (C=O) groups excluding carboxylic acids is 2. The van der Waals surface area contributed by atoms with E-state index in [0.29, 0.717) is 5.69 Å². The molecule has 20 heavy (non-hydrogen) atoms. The fraction of sp³-hybridized carbons (Fsp3) is 0.0667. The highest BCUT2D eigenvalue weighted by molar-refractivity contribution is 6.46. The maximum atomic E-state index is 13.5. The summed E-state index contributed by atoms with van der Waals surface area (Å²) < 4.78 is 18.2. The molecule has 0 saturated heterocycles. The van der Waals surface area contributed by atoms with Crippen LogP contribution in [-0.2, 0) is 4.79 Å². The lowest BCUT2D eigenvalue weighted by Gasteiger charge is -2.06. The number of rotatable bonds is 4. The van der Waals surface area contributed by atoms with Gasteiger partial charge in [0.15, 0.2) is 11.6 Å². The van der Waals surface area contributed by atoms with E-state index in [4.69, 9.17) is 4.74 Å².